The van der Waals surface area contributed by atoms with E-state index in [0.717, 1.165) is 24.3 Å². The monoisotopic (exact) mass is 385 g/mol. The van der Waals surface area contributed by atoms with Crippen LogP contribution >= 0.6 is 11.3 Å². The van der Waals surface area contributed by atoms with Gasteiger partial charge in [0.05, 0.1) is 18.8 Å². The summed E-state index contributed by atoms with van der Waals surface area (Å²) in [5.41, 5.74) is 0.832. The van der Waals surface area contributed by atoms with Crippen LogP contribution in [0.4, 0.5) is 10.6 Å². The first kappa shape index (κ1) is 17.8. The number of hydrogen-bond donors (Lipinski definition) is 1. The maximum atomic E-state index is 12.9. The molecular formula is C19H23N5O2S. The van der Waals surface area contributed by atoms with Gasteiger partial charge < -0.3 is 9.42 Å². The normalized spacial score (nSPS) is 17.0. The van der Waals surface area contributed by atoms with E-state index in [2.05, 4.69) is 35.5 Å². The Balaban J connectivity index is 1.47. The summed E-state index contributed by atoms with van der Waals surface area (Å²) >= 11 is 1.67. The van der Waals surface area contributed by atoms with Crippen molar-refractivity contribution in [2.75, 3.05) is 11.9 Å². The van der Waals surface area contributed by atoms with Crippen molar-refractivity contribution in [3.05, 3.63) is 52.2 Å². The number of nitrogens with one attached hydrogen (secondary N) is 1. The molecule has 4 rings (SSSR count). The molecule has 1 N–H and O–H groups in total. The van der Waals surface area contributed by atoms with E-state index in [-0.39, 0.29) is 18.0 Å². The molecule has 1 atom stereocenters. The fraction of sp³-hybridized carbons (Fsp3) is 0.421. The van der Waals surface area contributed by atoms with Crippen LogP contribution in [-0.4, -0.2) is 32.4 Å². The first-order valence-electron chi connectivity index (χ1n) is 9.20. The minimum Gasteiger partial charge on any atom is -0.361 e. The highest BCUT2D eigenvalue weighted by atomic mass is 32.1. The van der Waals surface area contributed by atoms with Gasteiger partial charge in [-0.2, -0.15) is 5.10 Å². The number of amides is 2. The summed E-state index contributed by atoms with van der Waals surface area (Å²) in [7, 11) is 0. The standard InChI is InChI=1S/C19H23N5O2S/c1-13(2)17-11-15(22-26-17)16-6-3-9-23(16)19(25)21-18-7-8-20-24(18)12-14-5-4-10-27-14/h4-5,7-8,10-11,13,16H,3,6,9,12H2,1-2H3,(H,21,25). The molecule has 1 aliphatic rings. The first-order chi connectivity index (χ1) is 13.1. The molecule has 3 aromatic heterocycles. The summed E-state index contributed by atoms with van der Waals surface area (Å²) in [5.74, 6) is 1.83. The second-order valence-electron chi connectivity index (χ2n) is 7.04. The zero-order valence-corrected chi connectivity index (χ0v) is 16.3. The third-order valence-electron chi connectivity index (χ3n) is 4.81. The van der Waals surface area contributed by atoms with E-state index in [1.165, 1.54) is 4.88 Å². The maximum Gasteiger partial charge on any atom is 0.323 e. The summed E-state index contributed by atoms with van der Waals surface area (Å²) in [6.07, 6.45) is 3.56. The summed E-state index contributed by atoms with van der Waals surface area (Å²) in [5, 5.41) is 13.6. The average molecular weight is 385 g/mol. The van der Waals surface area contributed by atoms with E-state index >= 15 is 0 Å². The quantitative estimate of drug-likeness (QED) is 0.703. The number of aromatic nitrogens is 3. The van der Waals surface area contributed by atoms with Crippen molar-refractivity contribution in [2.45, 2.75) is 45.2 Å². The molecule has 1 aliphatic heterocycles. The van der Waals surface area contributed by atoms with Gasteiger partial charge in [-0.1, -0.05) is 25.1 Å². The number of likely N-dealkylation sites (tertiary alicyclic amines) is 1. The molecule has 7 nitrogen and oxygen atoms in total. The Bertz CT molecular complexity index is 899. The number of thiophene rings is 1. The van der Waals surface area contributed by atoms with Crippen LogP contribution in [-0.2, 0) is 6.54 Å². The van der Waals surface area contributed by atoms with E-state index in [1.807, 2.05) is 33.2 Å². The predicted molar refractivity (Wildman–Crippen MR) is 104 cm³/mol. The molecule has 1 unspecified atom stereocenters. The highest BCUT2D eigenvalue weighted by molar-refractivity contribution is 7.09. The molecule has 4 heterocycles. The fourth-order valence-electron chi connectivity index (χ4n) is 3.35. The Labute approximate surface area is 162 Å². The summed E-state index contributed by atoms with van der Waals surface area (Å²) in [6.45, 7) is 5.49. The van der Waals surface area contributed by atoms with Crippen LogP contribution in [0, 0.1) is 0 Å². The highest BCUT2D eigenvalue weighted by Crippen LogP contribution is 2.33. The molecule has 142 valence electrons. The van der Waals surface area contributed by atoms with Gasteiger partial charge in [0.2, 0.25) is 0 Å². The predicted octanol–water partition coefficient (Wildman–Crippen LogP) is 4.47. The highest BCUT2D eigenvalue weighted by Gasteiger charge is 2.33. The fourth-order valence-corrected chi connectivity index (χ4v) is 4.03. The van der Waals surface area contributed by atoms with Gasteiger partial charge in [-0.15, -0.1) is 11.3 Å². The van der Waals surface area contributed by atoms with Crippen LogP contribution in [0.15, 0.2) is 40.4 Å². The molecule has 0 spiro atoms. The molecule has 0 saturated carbocycles. The Morgan fingerprint density at radius 3 is 3.07 bits per heavy atom. The van der Waals surface area contributed by atoms with E-state index < -0.39 is 0 Å². The Hall–Kier alpha value is -2.61. The van der Waals surface area contributed by atoms with Crippen LogP contribution in [0.25, 0.3) is 0 Å². The lowest BCUT2D eigenvalue weighted by atomic mass is 10.1. The third-order valence-corrected chi connectivity index (χ3v) is 5.67. The number of rotatable bonds is 5. The number of nitrogens with zero attached hydrogens (tertiary/aromatic N) is 4. The van der Waals surface area contributed by atoms with Crippen LogP contribution in [0.1, 0.15) is 55.0 Å². The van der Waals surface area contributed by atoms with Gasteiger partial charge >= 0.3 is 6.03 Å². The molecule has 0 aliphatic carbocycles. The smallest absolute Gasteiger partial charge is 0.323 e. The largest absolute Gasteiger partial charge is 0.361 e. The van der Waals surface area contributed by atoms with Gasteiger partial charge in [0, 0.05) is 29.5 Å². The van der Waals surface area contributed by atoms with E-state index in [1.54, 1.807) is 17.5 Å². The molecule has 0 bridgehead atoms. The zero-order chi connectivity index (χ0) is 18.8. The van der Waals surface area contributed by atoms with Crippen LogP contribution in [0.5, 0.6) is 0 Å². The van der Waals surface area contributed by atoms with E-state index in [0.29, 0.717) is 18.9 Å². The van der Waals surface area contributed by atoms with Crippen molar-refractivity contribution in [2.24, 2.45) is 0 Å². The van der Waals surface area contributed by atoms with Crippen molar-refractivity contribution in [1.29, 1.82) is 0 Å². The Kier molecular flexibility index (Phi) is 4.98. The molecule has 2 amide bonds. The van der Waals surface area contributed by atoms with Gasteiger partial charge in [-0.3, -0.25) is 5.32 Å². The van der Waals surface area contributed by atoms with Gasteiger partial charge in [0.1, 0.15) is 17.3 Å². The Morgan fingerprint density at radius 2 is 2.33 bits per heavy atom. The van der Waals surface area contributed by atoms with Gasteiger partial charge in [-0.25, -0.2) is 9.48 Å². The second kappa shape index (κ2) is 7.56. The summed E-state index contributed by atoms with van der Waals surface area (Å²) in [6, 6.07) is 7.70. The molecule has 27 heavy (non-hydrogen) atoms. The van der Waals surface area contributed by atoms with E-state index in [4.69, 9.17) is 4.52 Å². The lowest BCUT2D eigenvalue weighted by molar-refractivity contribution is 0.204. The molecule has 0 radical (unpaired) electrons. The number of anilines is 1. The third kappa shape index (κ3) is 3.75. The molecular weight excluding hydrogens is 362 g/mol. The maximum absolute atomic E-state index is 12.9. The van der Waals surface area contributed by atoms with Crippen molar-refractivity contribution in [3.8, 4) is 0 Å². The van der Waals surface area contributed by atoms with Crippen molar-refractivity contribution >= 4 is 23.2 Å². The zero-order valence-electron chi connectivity index (χ0n) is 15.5. The SMILES string of the molecule is CC(C)c1cc(C2CCCN2C(=O)Nc2ccnn2Cc2cccs2)no1. The minimum atomic E-state index is -0.125. The lowest BCUT2D eigenvalue weighted by Crippen LogP contribution is -2.35. The number of urea groups is 1. The number of carbonyl (C=O) groups excluding carboxylic acids is 1. The van der Waals surface area contributed by atoms with Crippen LogP contribution in [0.2, 0.25) is 0 Å². The number of hydrogen-bond acceptors (Lipinski definition) is 5. The molecule has 3 aromatic rings. The average Bonchev–Trinajstić information content (AvgIpc) is 3.43. The minimum absolute atomic E-state index is 0.0464. The lowest BCUT2D eigenvalue weighted by Gasteiger charge is -2.23. The first-order valence-corrected chi connectivity index (χ1v) is 10.1. The topological polar surface area (TPSA) is 76.2 Å². The molecule has 1 fully saturated rings. The van der Waals surface area contributed by atoms with Gasteiger partial charge in [-0.05, 0) is 24.3 Å². The van der Waals surface area contributed by atoms with Crippen LogP contribution in [0.3, 0.4) is 0 Å². The van der Waals surface area contributed by atoms with Gasteiger partial charge in [0.15, 0.2) is 0 Å². The molecule has 8 heteroatoms. The summed E-state index contributed by atoms with van der Waals surface area (Å²) in [4.78, 5) is 15.9. The van der Waals surface area contributed by atoms with Gasteiger partial charge in [0.25, 0.3) is 0 Å². The molecule has 1 saturated heterocycles. The summed E-state index contributed by atoms with van der Waals surface area (Å²) < 4.78 is 7.24. The van der Waals surface area contributed by atoms with Crippen molar-refractivity contribution < 1.29 is 9.32 Å². The number of carbonyl (C=O) groups is 1. The van der Waals surface area contributed by atoms with Crippen LogP contribution < -0.4 is 5.32 Å². The Morgan fingerprint density at radius 1 is 1.44 bits per heavy atom. The van der Waals surface area contributed by atoms with Crippen molar-refractivity contribution in [1.82, 2.24) is 19.8 Å². The molecule has 0 aromatic carbocycles. The van der Waals surface area contributed by atoms with E-state index in [9.17, 15) is 4.79 Å². The second-order valence-corrected chi connectivity index (χ2v) is 8.08. The van der Waals surface area contributed by atoms with Crippen molar-refractivity contribution in [3.63, 3.8) is 0 Å².